The largest absolute Gasteiger partial charge is 0.437 e. The average molecular weight is 266 g/mol. The van der Waals surface area contributed by atoms with Crippen LogP contribution in [0.25, 0.3) is 0 Å². The topological polar surface area (TPSA) is 91.3 Å². The lowest BCUT2D eigenvalue weighted by molar-refractivity contribution is -0.384. The van der Waals surface area contributed by atoms with Gasteiger partial charge in [-0.15, -0.1) is 0 Å². The number of ether oxygens (including phenoxy) is 1. The second-order valence-electron chi connectivity index (χ2n) is 3.40. The summed E-state index contributed by atoms with van der Waals surface area (Å²) in [6.07, 6.45) is 1.44. The summed E-state index contributed by atoms with van der Waals surface area (Å²) in [5.74, 6) is 0.597. The van der Waals surface area contributed by atoms with Gasteiger partial charge in [0.25, 0.3) is 5.69 Å². The van der Waals surface area contributed by atoms with Crippen LogP contribution in [0.2, 0.25) is 5.02 Å². The van der Waals surface area contributed by atoms with Gasteiger partial charge in [-0.05, 0) is 12.1 Å². The van der Waals surface area contributed by atoms with Crippen LogP contribution in [-0.2, 0) is 0 Å². The normalized spacial score (nSPS) is 10.1. The number of nitrogens with two attached hydrogens (primary N) is 1. The highest BCUT2D eigenvalue weighted by Gasteiger charge is 2.11. The molecule has 0 saturated carbocycles. The maximum atomic E-state index is 10.5. The van der Waals surface area contributed by atoms with Crippen LogP contribution < -0.4 is 10.5 Å². The SMILES string of the molecule is Nc1ccc(Oc2ccc([N+](=O)[O-])cc2Cl)nc1. The first kappa shape index (κ1) is 12.1. The zero-order valence-corrected chi connectivity index (χ0v) is 9.79. The minimum Gasteiger partial charge on any atom is -0.437 e. The number of halogens is 1. The molecule has 0 aliphatic carbocycles. The number of nitrogens with zero attached hydrogens (tertiary/aromatic N) is 2. The van der Waals surface area contributed by atoms with Crippen LogP contribution >= 0.6 is 11.6 Å². The number of anilines is 1. The fraction of sp³-hybridized carbons (Fsp3) is 0. The predicted molar refractivity (Wildman–Crippen MR) is 66.8 cm³/mol. The highest BCUT2D eigenvalue weighted by Crippen LogP contribution is 2.31. The van der Waals surface area contributed by atoms with Crippen LogP contribution in [-0.4, -0.2) is 9.91 Å². The number of benzene rings is 1. The Labute approximate surface area is 107 Å². The Balaban J connectivity index is 2.24. The number of hydrogen-bond acceptors (Lipinski definition) is 5. The molecular formula is C11H8ClN3O3. The van der Waals surface area contributed by atoms with Crippen LogP contribution in [0, 0.1) is 10.1 Å². The minimum absolute atomic E-state index is 0.0994. The van der Waals surface area contributed by atoms with Gasteiger partial charge in [-0.1, -0.05) is 11.6 Å². The Bertz CT molecular complexity index is 587. The van der Waals surface area contributed by atoms with Crippen molar-refractivity contribution in [3.8, 4) is 11.6 Å². The van der Waals surface area contributed by atoms with Gasteiger partial charge in [0.15, 0.2) is 0 Å². The number of aromatic nitrogens is 1. The molecule has 0 spiro atoms. The van der Waals surface area contributed by atoms with Crippen molar-refractivity contribution in [1.82, 2.24) is 4.98 Å². The lowest BCUT2D eigenvalue weighted by atomic mass is 10.3. The predicted octanol–water partition coefficient (Wildman–Crippen LogP) is 3.02. The molecule has 0 unspecified atom stereocenters. The van der Waals surface area contributed by atoms with Crippen molar-refractivity contribution in [2.45, 2.75) is 0 Å². The summed E-state index contributed by atoms with van der Waals surface area (Å²) in [4.78, 5) is 13.9. The van der Waals surface area contributed by atoms with Crippen molar-refractivity contribution in [1.29, 1.82) is 0 Å². The van der Waals surface area contributed by atoms with Gasteiger partial charge in [0.1, 0.15) is 5.75 Å². The number of rotatable bonds is 3. The van der Waals surface area contributed by atoms with Gasteiger partial charge in [0, 0.05) is 18.2 Å². The fourth-order valence-electron chi connectivity index (χ4n) is 1.25. The summed E-state index contributed by atoms with van der Waals surface area (Å²) in [6.45, 7) is 0. The standard InChI is InChI=1S/C11H8ClN3O3/c12-9-5-8(15(16)17)2-3-10(9)18-11-4-1-7(13)6-14-11/h1-6H,13H2. The second kappa shape index (κ2) is 4.89. The molecule has 1 aromatic carbocycles. The summed E-state index contributed by atoms with van der Waals surface area (Å²) in [6, 6.07) is 7.14. The number of nitro benzene ring substituents is 1. The summed E-state index contributed by atoms with van der Waals surface area (Å²) >= 11 is 5.87. The third-order valence-corrected chi connectivity index (χ3v) is 2.40. The van der Waals surface area contributed by atoms with E-state index in [9.17, 15) is 10.1 Å². The highest BCUT2D eigenvalue weighted by atomic mass is 35.5. The molecule has 0 fully saturated rings. The van der Waals surface area contributed by atoms with Gasteiger partial charge in [-0.25, -0.2) is 4.98 Å². The number of nitro groups is 1. The van der Waals surface area contributed by atoms with Crippen LogP contribution in [0.1, 0.15) is 0 Å². The number of hydrogen-bond donors (Lipinski definition) is 1. The van der Waals surface area contributed by atoms with Gasteiger partial charge in [-0.3, -0.25) is 10.1 Å². The maximum Gasteiger partial charge on any atom is 0.271 e. The van der Waals surface area contributed by atoms with Gasteiger partial charge in [-0.2, -0.15) is 0 Å². The number of pyridine rings is 1. The van der Waals surface area contributed by atoms with E-state index in [1.54, 1.807) is 12.1 Å². The monoisotopic (exact) mass is 265 g/mol. The Hall–Kier alpha value is -2.34. The molecule has 1 aromatic heterocycles. The van der Waals surface area contributed by atoms with E-state index in [0.29, 0.717) is 17.3 Å². The van der Waals surface area contributed by atoms with E-state index >= 15 is 0 Å². The average Bonchev–Trinajstić information content (AvgIpc) is 2.34. The molecule has 0 atom stereocenters. The van der Waals surface area contributed by atoms with E-state index in [4.69, 9.17) is 22.1 Å². The molecular weight excluding hydrogens is 258 g/mol. The Morgan fingerprint density at radius 3 is 2.67 bits per heavy atom. The Kier molecular flexibility index (Phi) is 3.29. The summed E-state index contributed by atoms with van der Waals surface area (Å²) < 4.78 is 5.38. The maximum absolute atomic E-state index is 10.5. The first-order chi connectivity index (χ1) is 8.56. The highest BCUT2D eigenvalue weighted by molar-refractivity contribution is 6.32. The van der Waals surface area contributed by atoms with Crippen molar-refractivity contribution in [3.63, 3.8) is 0 Å². The quantitative estimate of drug-likeness (QED) is 0.680. The van der Waals surface area contributed by atoms with Crippen molar-refractivity contribution in [2.24, 2.45) is 0 Å². The lowest BCUT2D eigenvalue weighted by Gasteiger charge is -2.06. The van der Waals surface area contributed by atoms with Crippen molar-refractivity contribution >= 4 is 23.0 Å². The molecule has 0 saturated heterocycles. The second-order valence-corrected chi connectivity index (χ2v) is 3.81. The van der Waals surface area contributed by atoms with Gasteiger partial charge in [0.05, 0.1) is 21.8 Å². The van der Waals surface area contributed by atoms with E-state index in [1.165, 1.54) is 24.4 Å². The summed E-state index contributed by atoms with van der Waals surface area (Å²) in [7, 11) is 0. The summed E-state index contributed by atoms with van der Waals surface area (Å²) in [5.41, 5.74) is 5.90. The third-order valence-electron chi connectivity index (χ3n) is 2.10. The summed E-state index contributed by atoms with van der Waals surface area (Å²) in [5, 5.41) is 10.7. The van der Waals surface area contributed by atoms with E-state index in [-0.39, 0.29) is 10.7 Å². The number of non-ortho nitro benzene ring substituents is 1. The van der Waals surface area contributed by atoms with E-state index in [1.807, 2.05) is 0 Å². The molecule has 92 valence electrons. The van der Waals surface area contributed by atoms with E-state index in [0.717, 1.165) is 0 Å². The molecule has 6 nitrogen and oxygen atoms in total. The molecule has 0 aliphatic heterocycles. The molecule has 0 amide bonds. The lowest BCUT2D eigenvalue weighted by Crippen LogP contribution is -1.92. The zero-order valence-electron chi connectivity index (χ0n) is 9.04. The molecule has 2 N–H and O–H groups in total. The molecule has 7 heteroatoms. The Morgan fingerprint density at radius 1 is 1.33 bits per heavy atom. The van der Waals surface area contributed by atoms with Crippen LogP contribution in [0.3, 0.4) is 0 Å². The zero-order chi connectivity index (χ0) is 13.1. The van der Waals surface area contributed by atoms with Gasteiger partial charge < -0.3 is 10.5 Å². The molecule has 18 heavy (non-hydrogen) atoms. The number of nitrogen functional groups attached to an aromatic ring is 1. The molecule has 0 bridgehead atoms. The van der Waals surface area contributed by atoms with Crippen molar-refractivity contribution in [2.75, 3.05) is 5.73 Å². The molecule has 2 aromatic rings. The smallest absolute Gasteiger partial charge is 0.271 e. The minimum atomic E-state index is -0.531. The van der Waals surface area contributed by atoms with Crippen LogP contribution in [0.15, 0.2) is 36.5 Å². The van der Waals surface area contributed by atoms with Gasteiger partial charge in [0.2, 0.25) is 5.88 Å². The van der Waals surface area contributed by atoms with Crippen molar-refractivity contribution in [3.05, 3.63) is 51.7 Å². The molecule has 2 rings (SSSR count). The van der Waals surface area contributed by atoms with Gasteiger partial charge >= 0.3 is 0 Å². The van der Waals surface area contributed by atoms with E-state index in [2.05, 4.69) is 4.98 Å². The molecule has 0 radical (unpaired) electrons. The van der Waals surface area contributed by atoms with Crippen LogP contribution in [0.4, 0.5) is 11.4 Å². The third kappa shape index (κ3) is 2.67. The first-order valence-electron chi connectivity index (χ1n) is 4.89. The molecule has 1 heterocycles. The van der Waals surface area contributed by atoms with E-state index < -0.39 is 4.92 Å². The molecule has 0 aliphatic rings. The van der Waals surface area contributed by atoms with Crippen LogP contribution in [0.5, 0.6) is 11.6 Å². The van der Waals surface area contributed by atoms with Crippen molar-refractivity contribution < 1.29 is 9.66 Å². The Morgan fingerprint density at radius 2 is 2.11 bits per heavy atom. The fourth-order valence-corrected chi connectivity index (χ4v) is 1.46. The first-order valence-corrected chi connectivity index (χ1v) is 5.27.